The lowest BCUT2D eigenvalue weighted by Crippen LogP contribution is -2.24. The summed E-state index contributed by atoms with van der Waals surface area (Å²) >= 11 is 0. The summed E-state index contributed by atoms with van der Waals surface area (Å²) in [5.41, 5.74) is 1.31. The monoisotopic (exact) mass is 169 g/mol. The Morgan fingerprint density at radius 3 is 2.08 bits per heavy atom. The van der Waals surface area contributed by atoms with Gasteiger partial charge in [-0.25, -0.2) is 0 Å². The molecule has 1 heteroatoms. The van der Waals surface area contributed by atoms with E-state index in [1.54, 1.807) is 0 Å². The van der Waals surface area contributed by atoms with Gasteiger partial charge in [0.05, 0.1) is 0 Å². The van der Waals surface area contributed by atoms with Crippen LogP contribution in [0.2, 0.25) is 0 Å². The maximum absolute atomic E-state index is 3.96. The first-order chi connectivity index (χ1) is 5.45. The van der Waals surface area contributed by atoms with Gasteiger partial charge in [0.25, 0.3) is 0 Å². The highest BCUT2D eigenvalue weighted by molar-refractivity contribution is 4.93. The first-order valence-corrected chi connectivity index (χ1v) is 4.77. The minimum absolute atomic E-state index is 0.674. The number of allylic oxidation sites excluding steroid dienone is 1. The highest BCUT2D eigenvalue weighted by Gasteiger charge is 2.07. The first-order valence-electron chi connectivity index (χ1n) is 4.77. The Labute approximate surface area is 77.5 Å². The molecule has 12 heavy (non-hydrogen) atoms. The van der Waals surface area contributed by atoms with Gasteiger partial charge in [0.2, 0.25) is 0 Å². The van der Waals surface area contributed by atoms with Crippen molar-refractivity contribution >= 4 is 0 Å². The molecular weight excluding hydrogens is 146 g/mol. The maximum Gasteiger partial charge on any atom is 0.00610 e. The summed E-state index contributed by atoms with van der Waals surface area (Å²) in [4.78, 5) is 2.27. The summed E-state index contributed by atoms with van der Waals surface area (Å²) in [5, 5.41) is 0. The zero-order valence-corrected chi connectivity index (χ0v) is 9.22. The van der Waals surface area contributed by atoms with Gasteiger partial charge >= 0.3 is 0 Å². The van der Waals surface area contributed by atoms with E-state index in [9.17, 15) is 0 Å². The Balaban J connectivity index is 3.61. The van der Waals surface area contributed by atoms with Gasteiger partial charge in [-0.05, 0) is 46.7 Å². The fourth-order valence-corrected chi connectivity index (χ4v) is 0.996. The van der Waals surface area contributed by atoms with E-state index in [-0.39, 0.29) is 0 Å². The molecule has 0 bridgehead atoms. The zero-order chi connectivity index (χ0) is 9.72. The van der Waals surface area contributed by atoms with E-state index < -0.39 is 0 Å². The predicted molar refractivity (Wildman–Crippen MR) is 56.4 cm³/mol. The number of rotatable bonds is 5. The molecule has 0 radical (unpaired) electrons. The Hall–Kier alpha value is -0.300. The van der Waals surface area contributed by atoms with Crippen LogP contribution < -0.4 is 0 Å². The van der Waals surface area contributed by atoms with Crippen LogP contribution in [0.5, 0.6) is 0 Å². The summed E-state index contributed by atoms with van der Waals surface area (Å²) in [6.45, 7) is 10.6. The lowest BCUT2D eigenvalue weighted by molar-refractivity contribution is 0.286. The van der Waals surface area contributed by atoms with Crippen molar-refractivity contribution < 1.29 is 0 Å². The number of hydrogen-bond acceptors (Lipinski definition) is 1. The van der Waals surface area contributed by atoms with Crippen molar-refractivity contribution in [3.05, 3.63) is 12.2 Å². The normalized spacial score (nSPS) is 16.2. The lowest BCUT2D eigenvalue weighted by Gasteiger charge is -2.21. The molecule has 72 valence electrons. The summed E-state index contributed by atoms with van der Waals surface area (Å²) in [5.74, 6) is 0.674. The Bertz CT molecular complexity index is 138. The average Bonchev–Trinajstić information content (AvgIpc) is 1.98. The Morgan fingerprint density at radius 2 is 1.75 bits per heavy atom. The molecule has 0 aromatic rings. The van der Waals surface area contributed by atoms with Gasteiger partial charge in [-0.2, -0.15) is 0 Å². The van der Waals surface area contributed by atoms with Crippen LogP contribution in [0.15, 0.2) is 12.2 Å². The third-order valence-corrected chi connectivity index (χ3v) is 2.74. The van der Waals surface area contributed by atoms with Crippen molar-refractivity contribution in [1.82, 2.24) is 4.90 Å². The van der Waals surface area contributed by atoms with Gasteiger partial charge in [0.15, 0.2) is 0 Å². The average molecular weight is 169 g/mol. The van der Waals surface area contributed by atoms with Crippen LogP contribution in [0, 0.1) is 5.92 Å². The quantitative estimate of drug-likeness (QED) is 0.572. The van der Waals surface area contributed by atoms with E-state index in [2.05, 4.69) is 46.3 Å². The zero-order valence-electron chi connectivity index (χ0n) is 9.22. The van der Waals surface area contributed by atoms with Crippen LogP contribution in [0.4, 0.5) is 0 Å². The number of hydrogen-bond donors (Lipinski definition) is 0. The smallest absolute Gasteiger partial charge is 0.00610 e. The van der Waals surface area contributed by atoms with Crippen molar-refractivity contribution in [3.8, 4) is 0 Å². The van der Waals surface area contributed by atoms with Crippen LogP contribution in [0.1, 0.15) is 33.6 Å². The van der Waals surface area contributed by atoms with Crippen LogP contribution in [-0.4, -0.2) is 25.0 Å². The molecule has 1 nitrogen and oxygen atoms in total. The molecule has 0 aliphatic heterocycles. The van der Waals surface area contributed by atoms with Gasteiger partial charge in [-0.1, -0.05) is 19.1 Å². The molecule has 0 rings (SSSR count). The molecule has 2 atom stereocenters. The number of nitrogens with zero attached hydrogens (tertiary/aromatic N) is 1. The van der Waals surface area contributed by atoms with Crippen molar-refractivity contribution in [2.24, 2.45) is 5.92 Å². The first kappa shape index (κ1) is 11.7. The molecular formula is C11H23N. The second-order valence-electron chi connectivity index (χ2n) is 4.14. The molecule has 0 spiro atoms. The van der Waals surface area contributed by atoms with E-state index in [0.29, 0.717) is 12.0 Å². The van der Waals surface area contributed by atoms with E-state index in [1.807, 2.05) is 0 Å². The third-order valence-electron chi connectivity index (χ3n) is 2.74. The maximum atomic E-state index is 3.96. The molecule has 0 fully saturated rings. The molecule has 0 aromatic heterocycles. The van der Waals surface area contributed by atoms with Crippen LogP contribution >= 0.6 is 0 Å². The molecule has 0 aromatic carbocycles. The van der Waals surface area contributed by atoms with E-state index >= 15 is 0 Å². The molecule has 0 amide bonds. The highest BCUT2D eigenvalue weighted by atomic mass is 15.1. The van der Waals surface area contributed by atoms with Crippen molar-refractivity contribution in [2.45, 2.75) is 39.7 Å². The topological polar surface area (TPSA) is 3.24 Å². The highest BCUT2D eigenvalue weighted by Crippen LogP contribution is 2.16. The molecule has 0 saturated heterocycles. The van der Waals surface area contributed by atoms with E-state index in [0.717, 1.165) is 0 Å². The van der Waals surface area contributed by atoms with Crippen LogP contribution in [0.3, 0.4) is 0 Å². The fraction of sp³-hybridized carbons (Fsp3) is 0.818. The van der Waals surface area contributed by atoms with Gasteiger partial charge in [0.1, 0.15) is 0 Å². The van der Waals surface area contributed by atoms with E-state index in [1.165, 1.54) is 18.4 Å². The minimum Gasteiger partial charge on any atom is -0.307 e. The molecule has 0 aliphatic rings. The summed E-state index contributed by atoms with van der Waals surface area (Å²) < 4.78 is 0. The molecule has 0 saturated carbocycles. The Kier molecular flexibility index (Phi) is 5.23. The van der Waals surface area contributed by atoms with Crippen molar-refractivity contribution in [3.63, 3.8) is 0 Å². The second kappa shape index (κ2) is 5.36. The summed E-state index contributed by atoms with van der Waals surface area (Å²) in [6, 6.07) is 0.687. The summed E-state index contributed by atoms with van der Waals surface area (Å²) in [6.07, 6.45) is 2.52. The standard InChI is InChI=1S/C11H23N/c1-9(2)10(3)7-8-11(4)12(5)6/h10-11H,1,7-8H2,2-6H3. The molecule has 0 N–H and O–H groups in total. The summed E-state index contributed by atoms with van der Waals surface area (Å²) in [7, 11) is 4.27. The van der Waals surface area contributed by atoms with Gasteiger partial charge < -0.3 is 4.90 Å². The van der Waals surface area contributed by atoms with Gasteiger partial charge in [-0.15, -0.1) is 0 Å². The second-order valence-corrected chi connectivity index (χ2v) is 4.14. The molecule has 0 aliphatic carbocycles. The minimum atomic E-state index is 0.674. The Morgan fingerprint density at radius 1 is 1.25 bits per heavy atom. The lowest BCUT2D eigenvalue weighted by atomic mass is 9.96. The van der Waals surface area contributed by atoms with Crippen molar-refractivity contribution in [2.75, 3.05) is 14.1 Å². The molecule has 2 unspecified atom stereocenters. The van der Waals surface area contributed by atoms with E-state index in [4.69, 9.17) is 0 Å². The predicted octanol–water partition coefficient (Wildman–Crippen LogP) is 2.93. The van der Waals surface area contributed by atoms with Crippen LogP contribution in [0.25, 0.3) is 0 Å². The third kappa shape index (κ3) is 4.55. The fourth-order valence-electron chi connectivity index (χ4n) is 0.996. The largest absolute Gasteiger partial charge is 0.307 e. The van der Waals surface area contributed by atoms with Crippen molar-refractivity contribution in [1.29, 1.82) is 0 Å². The van der Waals surface area contributed by atoms with Gasteiger partial charge in [0, 0.05) is 6.04 Å². The SMILES string of the molecule is C=C(C)C(C)CCC(C)N(C)C. The van der Waals surface area contributed by atoms with Gasteiger partial charge in [-0.3, -0.25) is 0 Å². The molecule has 0 heterocycles. The van der Waals surface area contributed by atoms with Crippen LogP contribution in [-0.2, 0) is 0 Å².